The molecule has 3 amide bonds. The minimum atomic E-state index is -0.343. The first-order valence-corrected chi connectivity index (χ1v) is 8.84. The zero-order chi connectivity index (χ0) is 19.2. The van der Waals surface area contributed by atoms with Crippen LogP contribution in [0, 0.1) is 0 Å². The van der Waals surface area contributed by atoms with Crippen molar-refractivity contribution in [1.82, 2.24) is 5.32 Å². The molecule has 0 bridgehead atoms. The van der Waals surface area contributed by atoms with Crippen LogP contribution in [0.25, 0.3) is 0 Å². The van der Waals surface area contributed by atoms with E-state index in [2.05, 4.69) is 10.6 Å². The first-order valence-electron chi connectivity index (χ1n) is 8.84. The van der Waals surface area contributed by atoms with Crippen LogP contribution in [0.15, 0.2) is 48.5 Å². The Balaban J connectivity index is 1.56. The summed E-state index contributed by atoms with van der Waals surface area (Å²) in [5.74, 6) is 1.40. The molecule has 3 rings (SSSR count). The smallest absolute Gasteiger partial charge is 0.319 e. The minimum Gasteiger partial charge on any atom is -0.497 e. The van der Waals surface area contributed by atoms with E-state index in [0.29, 0.717) is 24.6 Å². The van der Waals surface area contributed by atoms with Gasteiger partial charge in [0.05, 0.1) is 19.8 Å². The molecule has 7 nitrogen and oxygen atoms in total. The van der Waals surface area contributed by atoms with E-state index in [1.165, 1.54) is 0 Å². The Morgan fingerprint density at radius 3 is 2.67 bits per heavy atom. The van der Waals surface area contributed by atoms with Crippen molar-refractivity contribution in [2.24, 2.45) is 0 Å². The van der Waals surface area contributed by atoms with Crippen molar-refractivity contribution in [2.45, 2.75) is 19.4 Å². The maximum Gasteiger partial charge on any atom is 0.319 e. The van der Waals surface area contributed by atoms with Crippen LogP contribution in [0.4, 0.5) is 16.2 Å². The van der Waals surface area contributed by atoms with Gasteiger partial charge in [-0.1, -0.05) is 6.07 Å². The van der Waals surface area contributed by atoms with Gasteiger partial charge in [0, 0.05) is 30.4 Å². The Hall–Kier alpha value is -3.22. The van der Waals surface area contributed by atoms with Crippen molar-refractivity contribution in [3.63, 3.8) is 0 Å². The van der Waals surface area contributed by atoms with Gasteiger partial charge >= 0.3 is 6.03 Å². The number of amides is 3. The van der Waals surface area contributed by atoms with Gasteiger partial charge in [-0.2, -0.15) is 0 Å². The zero-order valence-corrected chi connectivity index (χ0v) is 15.4. The lowest BCUT2D eigenvalue weighted by Crippen LogP contribution is -2.39. The van der Waals surface area contributed by atoms with Crippen LogP contribution >= 0.6 is 0 Å². The SMILES string of the molecule is CCOc1ccc(NC(=O)N[C@H]2CC(=O)N(c3cccc(OC)c3)C2)cc1. The summed E-state index contributed by atoms with van der Waals surface area (Å²) in [6, 6.07) is 13.8. The second kappa shape index (κ2) is 8.44. The molecule has 1 saturated heterocycles. The number of carbonyl (C=O) groups excluding carboxylic acids is 2. The third-order valence-corrected chi connectivity index (χ3v) is 4.25. The summed E-state index contributed by atoms with van der Waals surface area (Å²) < 4.78 is 10.6. The Kier molecular flexibility index (Phi) is 5.80. The number of carbonyl (C=O) groups is 2. The van der Waals surface area contributed by atoms with Gasteiger partial charge < -0.3 is 25.0 Å². The molecule has 1 fully saturated rings. The third-order valence-electron chi connectivity index (χ3n) is 4.25. The van der Waals surface area contributed by atoms with Crippen LogP contribution in [0.2, 0.25) is 0 Å². The standard InChI is InChI=1S/C20H23N3O4/c1-3-27-17-9-7-14(8-10-17)21-20(25)22-15-11-19(24)23(13-15)16-5-4-6-18(12-16)26-2/h4-10,12,15H,3,11,13H2,1-2H3,(H2,21,22,25)/t15-/m0/s1. The topological polar surface area (TPSA) is 79.9 Å². The summed E-state index contributed by atoms with van der Waals surface area (Å²) in [4.78, 5) is 26.2. The van der Waals surface area contributed by atoms with Gasteiger partial charge in [-0.3, -0.25) is 4.79 Å². The lowest BCUT2D eigenvalue weighted by Gasteiger charge is -2.18. The van der Waals surface area contributed by atoms with Gasteiger partial charge in [0.2, 0.25) is 5.91 Å². The minimum absolute atomic E-state index is 0.0328. The third kappa shape index (κ3) is 4.69. The van der Waals surface area contributed by atoms with Crippen molar-refractivity contribution in [3.05, 3.63) is 48.5 Å². The number of hydrogen-bond acceptors (Lipinski definition) is 4. The van der Waals surface area contributed by atoms with Crippen molar-refractivity contribution in [3.8, 4) is 11.5 Å². The van der Waals surface area contributed by atoms with Crippen molar-refractivity contribution < 1.29 is 19.1 Å². The van der Waals surface area contributed by atoms with Crippen molar-refractivity contribution in [1.29, 1.82) is 0 Å². The maximum absolute atomic E-state index is 12.3. The second-order valence-electron chi connectivity index (χ2n) is 6.16. The molecule has 0 aliphatic carbocycles. The van der Waals surface area contributed by atoms with E-state index in [4.69, 9.17) is 9.47 Å². The van der Waals surface area contributed by atoms with E-state index in [0.717, 1.165) is 11.4 Å². The Morgan fingerprint density at radius 2 is 1.96 bits per heavy atom. The molecule has 1 heterocycles. The fraction of sp³-hybridized carbons (Fsp3) is 0.300. The quantitative estimate of drug-likeness (QED) is 0.820. The van der Waals surface area contributed by atoms with Gasteiger partial charge in [-0.15, -0.1) is 0 Å². The predicted octanol–water partition coefficient (Wildman–Crippen LogP) is 3.02. The highest BCUT2D eigenvalue weighted by Crippen LogP contribution is 2.25. The summed E-state index contributed by atoms with van der Waals surface area (Å²) in [6.45, 7) is 2.92. The molecule has 0 radical (unpaired) electrons. The highest BCUT2D eigenvalue weighted by molar-refractivity contribution is 5.97. The lowest BCUT2D eigenvalue weighted by atomic mass is 10.2. The molecule has 2 N–H and O–H groups in total. The largest absolute Gasteiger partial charge is 0.497 e. The number of anilines is 2. The molecule has 2 aromatic carbocycles. The number of rotatable bonds is 6. The van der Waals surface area contributed by atoms with Gasteiger partial charge in [0.1, 0.15) is 11.5 Å². The lowest BCUT2D eigenvalue weighted by molar-refractivity contribution is -0.117. The summed E-state index contributed by atoms with van der Waals surface area (Å²) in [7, 11) is 1.58. The molecule has 27 heavy (non-hydrogen) atoms. The Morgan fingerprint density at radius 1 is 1.19 bits per heavy atom. The van der Waals surface area contributed by atoms with Crippen LogP contribution in [-0.2, 0) is 4.79 Å². The van der Waals surface area contributed by atoms with Gasteiger partial charge in [-0.05, 0) is 43.3 Å². The van der Waals surface area contributed by atoms with Crippen molar-refractivity contribution in [2.75, 3.05) is 30.5 Å². The molecule has 1 aliphatic rings. The molecule has 0 unspecified atom stereocenters. The fourth-order valence-corrected chi connectivity index (χ4v) is 2.99. The molecule has 7 heteroatoms. The van der Waals surface area contributed by atoms with Crippen LogP contribution in [0.5, 0.6) is 11.5 Å². The number of nitrogens with zero attached hydrogens (tertiary/aromatic N) is 1. The maximum atomic E-state index is 12.3. The van der Waals surface area contributed by atoms with Crippen LogP contribution < -0.4 is 25.0 Å². The second-order valence-corrected chi connectivity index (χ2v) is 6.16. The summed E-state index contributed by atoms with van der Waals surface area (Å²) in [6.07, 6.45) is 0.258. The first-order chi connectivity index (χ1) is 13.1. The molecule has 1 aliphatic heterocycles. The molecular weight excluding hydrogens is 346 g/mol. The molecule has 1 atom stereocenters. The number of hydrogen-bond donors (Lipinski definition) is 2. The monoisotopic (exact) mass is 369 g/mol. The van der Waals surface area contributed by atoms with Crippen LogP contribution in [0.1, 0.15) is 13.3 Å². The van der Waals surface area contributed by atoms with Crippen molar-refractivity contribution >= 4 is 23.3 Å². The first kappa shape index (κ1) is 18.6. The molecule has 0 saturated carbocycles. The average Bonchev–Trinajstić information content (AvgIpc) is 3.03. The van der Waals surface area contributed by atoms with Gasteiger partial charge in [0.15, 0.2) is 0 Å². The highest BCUT2D eigenvalue weighted by atomic mass is 16.5. The Labute approximate surface area is 158 Å². The van der Waals surface area contributed by atoms with Crippen LogP contribution in [0.3, 0.4) is 0 Å². The van der Waals surface area contributed by atoms with Crippen LogP contribution in [-0.4, -0.2) is 38.2 Å². The normalized spacial score (nSPS) is 16.1. The zero-order valence-electron chi connectivity index (χ0n) is 15.4. The number of urea groups is 1. The van der Waals surface area contributed by atoms with Gasteiger partial charge in [-0.25, -0.2) is 4.79 Å². The molecule has 0 spiro atoms. The highest BCUT2D eigenvalue weighted by Gasteiger charge is 2.31. The average molecular weight is 369 g/mol. The van der Waals surface area contributed by atoms with E-state index in [1.807, 2.05) is 25.1 Å². The number of benzene rings is 2. The summed E-state index contributed by atoms with van der Waals surface area (Å²) >= 11 is 0. The Bertz CT molecular complexity index is 807. The van der Waals surface area contributed by atoms with E-state index in [9.17, 15) is 9.59 Å². The molecule has 0 aromatic heterocycles. The molecule has 142 valence electrons. The van der Waals surface area contributed by atoms with E-state index >= 15 is 0 Å². The molecular formula is C20H23N3O4. The number of methoxy groups -OCH3 is 1. The fourth-order valence-electron chi connectivity index (χ4n) is 2.99. The summed E-state index contributed by atoms with van der Waals surface area (Å²) in [5.41, 5.74) is 1.42. The van der Waals surface area contributed by atoms with E-state index < -0.39 is 0 Å². The van der Waals surface area contributed by atoms with E-state index in [1.54, 1.807) is 42.3 Å². The number of nitrogens with one attached hydrogen (secondary N) is 2. The predicted molar refractivity (Wildman–Crippen MR) is 104 cm³/mol. The molecule has 2 aromatic rings. The number of ether oxygens (including phenoxy) is 2. The summed E-state index contributed by atoms with van der Waals surface area (Å²) in [5, 5.41) is 5.62. The van der Waals surface area contributed by atoms with E-state index in [-0.39, 0.29) is 24.4 Å². The van der Waals surface area contributed by atoms with Gasteiger partial charge in [0.25, 0.3) is 0 Å².